The zero-order chi connectivity index (χ0) is 23.1. The van der Waals surface area contributed by atoms with Gasteiger partial charge in [-0.15, -0.1) is 0 Å². The molecule has 0 radical (unpaired) electrons. The Bertz CT molecular complexity index is 1180. The van der Waals surface area contributed by atoms with Gasteiger partial charge in [0.1, 0.15) is 11.5 Å². The van der Waals surface area contributed by atoms with E-state index >= 15 is 0 Å². The Hall–Kier alpha value is -3.69. The summed E-state index contributed by atoms with van der Waals surface area (Å²) in [4.78, 5) is 23.5. The van der Waals surface area contributed by atoms with E-state index in [4.69, 9.17) is 4.74 Å². The average Bonchev–Trinajstić information content (AvgIpc) is 2.76. The highest BCUT2D eigenvalue weighted by molar-refractivity contribution is 7.89. The highest BCUT2D eigenvalue weighted by Gasteiger charge is 2.23. The molecule has 0 unspecified atom stereocenters. The van der Waals surface area contributed by atoms with Crippen molar-refractivity contribution < 1.29 is 22.7 Å². The number of hydrogen-bond donors (Lipinski definition) is 2. The van der Waals surface area contributed by atoms with Gasteiger partial charge in [0.15, 0.2) is 0 Å². The van der Waals surface area contributed by atoms with E-state index in [0.717, 1.165) is 4.31 Å². The summed E-state index contributed by atoms with van der Waals surface area (Å²) in [5.74, 6) is 0.564. The fourth-order valence-corrected chi connectivity index (χ4v) is 3.94. The first kappa shape index (κ1) is 23.0. The van der Waals surface area contributed by atoms with Gasteiger partial charge in [-0.25, -0.2) is 8.42 Å². The molecule has 8 nitrogen and oxygen atoms in total. The lowest BCUT2D eigenvalue weighted by molar-refractivity contribution is -0.116. The van der Waals surface area contributed by atoms with Gasteiger partial charge in [-0.2, -0.15) is 4.31 Å². The van der Waals surface area contributed by atoms with Gasteiger partial charge in [-0.05, 0) is 60.7 Å². The van der Waals surface area contributed by atoms with Crippen LogP contribution in [0.25, 0.3) is 0 Å². The molecule has 0 saturated heterocycles. The van der Waals surface area contributed by atoms with E-state index in [1.165, 1.54) is 38.2 Å². The van der Waals surface area contributed by atoms with Gasteiger partial charge >= 0.3 is 0 Å². The molecule has 32 heavy (non-hydrogen) atoms. The summed E-state index contributed by atoms with van der Waals surface area (Å²) in [6, 6.07) is 21.8. The van der Waals surface area contributed by atoms with Crippen molar-refractivity contribution in [3.05, 3.63) is 78.9 Å². The lowest BCUT2D eigenvalue weighted by Gasteiger charge is -2.17. The largest absolute Gasteiger partial charge is 0.457 e. The average molecular weight is 454 g/mol. The first-order chi connectivity index (χ1) is 15.2. The fourth-order valence-electron chi connectivity index (χ4n) is 2.81. The van der Waals surface area contributed by atoms with E-state index in [1.54, 1.807) is 24.3 Å². The van der Waals surface area contributed by atoms with Crippen molar-refractivity contribution in [1.29, 1.82) is 0 Å². The number of carbonyl (C=O) groups excluding carboxylic acids is 2. The van der Waals surface area contributed by atoms with E-state index in [9.17, 15) is 18.0 Å². The Morgan fingerprint density at radius 3 is 1.94 bits per heavy atom. The second kappa shape index (κ2) is 10.1. The zero-order valence-electron chi connectivity index (χ0n) is 17.6. The van der Waals surface area contributed by atoms with Crippen LogP contribution in [-0.4, -0.2) is 38.1 Å². The van der Waals surface area contributed by atoms with Gasteiger partial charge in [0.2, 0.25) is 21.8 Å². The molecular formula is C23H23N3O5S. The monoisotopic (exact) mass is 453 g/mol. The van der Waals surface area contributed by atoms with Crippen LogP contribution in [0.3, 0.4) is 0 Å². The topological polar surface area (TPSA) is 105 Å². The SMILES string of the molecule is CC(=O)Nc1ccc(S(=O)(=O)N(C)CC(=O)Nc2ccc(Oc3ccccc3)cc2)cc1. The van der Waals surface area contributed by atoms with Gasteiger partial charge < -0.3 is 15.4 Å². The smallest absolute Gasteiger partial charge is 0.243 e. The summed E-state index contributed by atoms with van der Waals surface area (Å²) in [5.41, 5.74) is 0.998. The summed E-state index contributed by atoms with van der Waals surface area (Å²) >= 11 is 0. The molecule has 0 bridgehead atoms. The summed E-state index contributed by atoms with van der Waals surface area (Å²) in [5, 5.41) is 5.24. The van der Waals surface area contributed by atoms with E-state index < -0.39 is 15.9 Å². The molecule has 3 aromatic rings. The maximum absolute atomic E-state index is 12.7. The van der Waals surface area contributed by atoms with Gasteiger partial charge in [-0.1, -0.05) is 18.2 Å². The molecule has 0 aliphatic heterocycles. The van der Waals surface area contributed by atoms with Crippen LogP contribution in [0.1, 0.15) is 6.92 Å². The van der Waals surface area contributed by atoms with Gasteiger partial charge in [-0.3, -0.25) is 9.59 Å². The highest BCUT2D eigenvalue weighted by Crippen LogP contribution is 2.23. The van der Waals surface area contributed by atoms with Crippen LogP contribution >= 0.6 is 0 Å². The number of sulfonamides is 1. The molecular weight excluding hydrogens is 430 g/mol. The number of nitrogens with zero attached hydrogens (tertiary/aromatic N) is 1. The predicted octanol–water partition coefficient (Wildman–Crippen LogP) is 3.70. The van der Waals surface area contributed by atoms with E-state index in [1.807, 2.05) is 30.3 Å². The van der Waals surface area contributed by atoms with Gasteiger partial charge in [0, 0.05) is 25.3 Å². The van der Waals surface area contributed by atoms with Crippen molar-refractivity contribution in [3.8, 4) is 11.5 Å². The van der Waals surface area contributed by atoms with Crippen LogP contribution in [-0.2, 0) is 19.6 Å². The number of hydrogen-bond acceptors (Lipinski definition) is 5. The zero-order valence-corrected chi connectivity index (χ0v) is 18.4. The first-order valence-electron chi connectivity index (χ1n) is 9.71. The molecule has 0 spiro atoms. The second-order valence-corrected chi connectivity index (χ2v) is 9.00. The molecule has 166 valence electrons. The van der Waals surface area contributed by atoms with Crippen molar-refractivity contribution in [1.82, 2.24) is 4.31 Å². The minimum atomic E-state index is -3.87. The van der Waals surface area contributed by atoms with E-state index in [2.05, 4.69) is 10.6 Å². The molecule has 3 aromatic carbocycles. The van der Waals surface area contributed by atoms with E-state index in [0.29, 0.717) is 22.9 Å². The minimum absolute atomic E-state index is 0.0179. The third-order valence-corrected chi connectivity index (χ3v) is 6.18. The van der Waals surface area contributed by atoms with Crippen LogP contribution in [0, 0.1) is 0 Å². The quantitative estimate of drug-likeness (QED) is 0.541. The number of benzene rings is 3. The lowest BCUT2D eigenvalue weighted by atomic mass is 10.3. The summed E-state index contributed by atoms with van der Waals surface area (Å²) in [7, 11) is -2.55. The molecule has 2 N–H and O–H groups in total. The highest BCUT2D eigenvalue weighted by atomic mass is 32.2. The van der Waals surface area contributed by atoms with Crippen LogP contribution in [0.4, 0.5) is 11.4 Å². The van der Waals surface area contributed by atoms with Gasteiger partial charge in [0.25, 0.3) is 0 Å². The van der Waals surface area contributed by atoms with Crippen LogP contribution in [0.5, 0.6) is 11.5 Å². The Morgan fingerprint density at radius 1 is 0.812 bits per heavy atom. The number of rotatable bonds is 8. The van der Waals surface area contributed by atoms with Gasteiger partial charge in [0.05, 0.1) is 11.4 Å². The third kappa shape index (κ3) is 6.16. The van der Waals surface area contributed by atoms with Crippen molar-refractivity contribution in [2.45, 2.75) is 11.8 Å². The Morgan fingerprint density at radius 2 is 1.34 bits per heavy atom. The Labute approximate surface area is 186 Å². The molecule has 9 heteroatoms. The number of likely N-dealkylation sites (N-methyl/N-ethyl adjacent to an activating group) is 1. The maximum atomic E-state index is 12.7. The molecule has 3 rings (SSSR count). The number of amides is 2. The standard InChI is InChI=1S/C23H23N3O5S/c1-17(27)24-18-10-14-22(15-11-18)32(29,30)26(2)16-23(28)25-19-8-12-21(13-9-19)31-20-6-4-3-5-7-20/h3-15H,16H2,1-2H3,(H,24,27)(H,25,28). The Kier molecular flexibility index (Phi) is 7.24. The molecule has 2 amide bonds. The maximum Gasteiger partial charge on any atom is 0.243 e. The number of ether oxygens (including phenoxy) is 1. The molecule has 0 aliphatic carbocycles. The van der Waals surface area contributed by atoms with Crippen molar-refractivity contribution in [2.24, 2.45) is 0 Å². The lowest BCUT2D eigenvalue weighted by Crippen LogP contribution is -2.34. The fraction of sp³-hybridized carbons (Fsp3) is 0.130. The third-order valence-electron chi connectivity index (χ3n) is 4.37. The Balaban J connectivity index is 1.58. The van der Waals surface area contributed by atoms with E-state index in [-0.39, 0.29) is 17.3 Å². The molecule has 0 heterocycles. The predicted molar refractivity (Wildman–Crippen MR) is 122 cm³/mol. The number of nitrogens with one attached hydrogen (secondary N) is 2. The molecule has 0 fully saturated rings. The molecule has 0 aromatic heterocycles. The number of anilines is 2. The molecule has 0 aliphatic rings. The normalized spacial score (nSPS) is 11.1. The van der Waals surface area contributed by atoms with Crippen molar-refractivity contribution in [3.63, 3.8) is 0 Å². The van der Waals surface area contributed by atoms with Crippen LogP contribution in [0.2, 0.25) is 0 Å². The summed E-state index contributed by atoms with van der Waals surface area (Å²) < 4.78 is 32.1. The number of para-hydroxylation sites is 1. The summed E-state index contributed by atoms with van der Waals surface area (Å²) in [6.07, 6.45) is 0. The summed E-state index contributed by atoms with van der Waals surface area (Å²) in [6.45, 7) is 0.999. The van der Waals surface area contributed by atoms with Crippen molar-refractivity contribution in [2.75, 3.05) is 24.2 Å². The number of carbonyl (C=O) groups is 2. The van der Waals surface area contributed by atoms with Crippen molar-refractivity contribution >= 4 is 33.2 Å². The second-order valence-electron chi connectivity index (χ2n) is 6.95. The van der Waals surface area contributed by atoms with Crippen LogP contribution in [0.15, 0.2) is 83.8 Å². The minimum Gasteiger partial charge on any atom is -0.457 e. The first-order valence-corrected chi connectivity index (χ1v) is 11.1. The van der Waals surface area contributed by atoms with Crippen LogP contribution < -0.4 is 15.4 Å². The molecule has 0 atom stereocenters. The molecule has 0 saturated carbocycles.